The Kier molecular flexibility index (Phi) is 6.53. The van der Waals surface area contributed by atoms with Crippen LogP contribution >= 0.6 is 0 Å². The molecule has 34 heavy (non-hydrogen) atoms. The average Bonchev–Trinajstić information content (AvgIpc) is 3.21. The van der Waals surface area contributed by atoms with Crippen LogP contribution in [0.3, 0.4) is 0 Å². The minimum absolute atomic E-state index is 0.0252. The molecule has 0 aliphatic carbocycles. The monoisotopic (exact) mass is 490 g/mol. The molecule has 4 N–H and O–H groups in total. The van der Waals surface area contributed by atoms with Gasteiger partial charge in [-0.2, -0.15) is 18.2 Å². The Morgan fingerprint density at radius 2 is 1.88 bits per heavy atom. The molecule has 0 saturated carbocycles. The first-order valence-electron chi connectivity index (χ1n) is 10.2. The molecule has 4 rings (SSSR count). The lowest BCUT2D eigenvalue weighted by molar-refractivity contribution is -0.141. The fourth-order valence-electron chi connectivity index (χ4n) is 3.59. The summed E-state index contributed by atoms with van der Waals surface area (Å²) in [4.78, 5) is 21.7. The van der Waals surface area contributed by atoms with Crippen LogP contribution in [0.4, 0.5) is 36.3 Å². The highest BCUT2D eigenvalue weighted by Gasteiger charge is 2.34. The lowest BCUT2D eigenvalue weighted by Gasteiger charge is -2.16. The topological polar surface area (TPSA) is 113 Å². The summed E-state index contributed by atoms with van der Waals surface area (Å²) in [6, 6.07) is 12.6. The number of aromatic nitrogens is 2. The summed E-state index contributed by atoms with van der Waals surface area (Å²) in [5.41, 5.74) is 1.79. The van der Waals surface area contributed by atoms with Crippen molar-refractivity contribution < 1.29 is 22.2 Å². The molecule has 1 atom stereocenters. The van der Waals surface area contributed by atoms with Gasteiger partial charge in [-0.05, 0) is 41.8 Å². The number of hydrogen-bond donors (Lipinski definition) is 3. The number of carbonyl (C=O) groups is 1. The molecular formula is C22H21F3N6O2S. The van der Waals surface area contributed by atoms with Crippen LogP contribution in [0.15, 0.2) is 53.4 Å². The van der Waals surface area contributed by atoms with E-state index < -0.39 is 22.9 Å². The zero-order valence-corrected chi connectivity index (χ0v) is 18.8. The average molecular weight is 491 g/mol. The maximum absolute atomic E-state index is 13.5. The zero-order valence-electron chi connectivity index (χ0n) is 18.0. The van der Waals surface area contributed by atoms with Crippen LogP contribution in [-0.4, -0.2) is 26.6 Å². The number of anilines is 4. The van der Waals surface area contributed by atoms with Gasteiger partial charge in [-0.3, -0.25) is 4.79 Å². The highest BCUT2D eigenvalue weighted by molar-refractivity contribution is 7.82. The van der Waals surface area contributed by atoms with Gasteiger partial charge in [0.2, 0.25) is 11.9 Å². The largest absolute Gasteiger partial charge is 0.433 e. The molecule has 0 bridgehead atoms. The van der Waals surface area contributed by atoms with Crippen molar-refractivity contribution in [2.75, 3.05) is 22.1 Å². The minimum atomic E-state index is -4.67. The van der Waals surface area contributed by atoms with Gasteiger partial charge in [0.25, 0.3) is 0 Å². The molecule has 1 aliphatic rings. The maximum Gasteiger partial charge on any atom is 0.433 e. The van der Waals surface area contributed by atoms with Crippen molar-refractivity contribution in [3.63, 3.8) is 0 Å². The van der Waals surface area contributed by atoms with Crippen molar-refractivity contribution in [1.29, 1.82) is 0 Å². The minimum Gasteiger partial charge on any atom is -0.366 e. The van der Waals surface area contributed by atoms with E-state index in [1.807, 2.05) is 6.07 Å². The first-order valence-corrected chi connectivity index (χ1v) is 11.4. The fourth-order valence-corrected chi connectivity index (χ4v) is 3.99. The maximum atomic E-state index is 13.5. The Bertz CT molecular complexity index is 1250. The Morgan fingerprint density at radius 3 is 2.53 bits per heavy atom. The van der Waals surface area contributed by atoms with Crippen LogP contribution in [0.5, 0.6) is 0 Å². The van der Waals surface area contributed by atoms with E-state index in [-0.39, 0.29) is 24.2 Å². The van der Waals surface area contributed by atoms with Crippen molar-refractivity contribution >= 4 is 40.0 Å². The number of rotatable bonds is 6. The molecule has 8 nitrogen and oxygen atoms in total. The van der Waals surface area contributed by atoms with Gasteiger partial charge in [0.15, 0.2) is 5.69 Å². The third kappa shape index (κ3) is 5.34. The number of amides is 1. The van der Waals surface area contributed by atoms with Crippen molar-refractivity contribution in [2.24, 2.45) is 5.14 Å². The van der Waals surface area contributed by atoms with Gasteiger partial charge in [-0.15, -0.1) is 0 Å². The van der Waals surface area contributed by atoms with E-state index >= 15 is 0 Å². The van der Waals surface area contributed by atoms with Crippen molar-refractivity contribution in [2.45, 2.75) is 31.0 Å². The second kappa shape index (κ2) is 9.39. The summed E-state index contributed by atoms with van der Waals surface area (Å²) in [5, 5.41) is 11.0. The summed E-state index contributed by atoms with van der Waals surface area (Å²) in [7, 11) is -1.61. The molecule has 12 heteroatoms. The number of hydrogen-bond acceptors (Lipinski definition) is 6. The lowest BCUT2D eigenvalue weighted by Crippen LogP contribution is -2.25. The molecule has 1 unspecified atom stereocenters. The normalized spacial score (nSPS) is 14.0. The third-order valence-corrected chi connectivity index (χ3v) is 6.00. The fraction of sp³-hybridized carbons (Fsp3) is 0.227. The number of halogens is 3. The van der Waals surface area contributed by atoms with Crippen LogP contribution in [-0.2, 0) is 34.9 Å². The summed E-state index contributed by atoms with van der Waals surface area (Å²) in [5.74, 6) is -0.371. The molecule has 0 radical (unpaired) electrons. The summed E-state index contributed by atoms with van der Waals surface area (Å²) < 4.78 is 51.7. The number of nitrogens with one attached hydrogen (secondary N) is 2. The van der Waals surface area contributed by atoms with Crippen molar-refractivity contribution in [3.05, 3.63) is 65.4 Å². The zero-order chi connectivity index (χ0) is 24.5. The standard InChI is InChI=1S/C22H21F3N6O2S/c1-13(32)31-9-8-15-4-5-16(10-18(15)31)28-21-29-19(22(23,24)25)11-20(30-21)27-12-14-2-6-17(7-3-14)34(26)33/h2-7,10-11H,8-9,12,26H2,1H3,(H2,27,28,29,30). The van der Waals surface area contributed by atoms with Gasteiger partial charge in [-0.1, -0.05) is 18.2 Å². The molecule has 1 amide bonds. The van der Waals surface area contributed by atoms with Gasteiger partial charge >= 0.3 is 6.18 Å². The summed E-state index contributed by atoms with van der Waals surface area (Å²) in [6.07, 6.45) is -3.96. The van der Waals surface area contributed by atoms with Gasteiger partial charge in [0.1, 0.15) is 16.8 Å². The smallest absolute Gasteiger partial charge is 0.366 e. The molecule has 1 aliphatic heterocycles. The van der Waals surface area contributed by atoms with E-state index in [1.165, 1.54) is 6.92 Å². The Morgan fingerprint density at radius 1 is 1.15 bits per heavy atom. The molecule has 178 valence electrons. The van der Waals surface area contributed by atoms with E-state index in [0.29, 0.717) is 29.2 Å². The number of nitrogens with two attached hydrogens (primary N) is 1. The SMILES string of the molecule is CC(=O)N1CCc2ccc(Nc3nc(NCc4ccc(S(N)=O)cc4)cc(C(F)(F)F)n3)cc21. The Labute approximate surface area is 196 Å². The molecule has 0 fully saturated rings. The predicted octanol–water partition coefficient (Wildman–Crippen LogP) is 3.74. The van der Waals surface area contributed by atoms with Crippen LogP contribution in [0, 0.1) is 0 Å². The second-order valence-electron chi connectivity index (χ2n) is 7.64. The number of benzene rings is 2. The lowest BCUT2D eigenvalue weighted by atomic mass is 10.1. The second-order valence-corrected chi connectivity index (χ2v) is 8.71. The van der Waals surface area contributed by atoms with E-state index in [4.69, 9.17) is 5.14 Å². The van der Waals surface area contributed by atoms with Crippen LogP contribution in [0.25, 0.3) is 0 Å². The Hall–Kier alpha value is -3.51. The molecular weight excluding hydrogens is 469 g/mol. The van der Waals surface area contributed by atoms with E-state index in [1.54, 1.807) is 41.3 Å². The molecule has 2 aromatic carbocycles. The quantitative estimate of drug-likeness (QED) is 0.485. The van der Waals surface area contributed by atoms with Crippen LogP contribution in [0.2, 0.25) is 0 Å². The molecule has 3 aromatic rings. The van der Waals surface area contributed by atoms with Gasteiger partial charge in [0.05, 0.1) is 4.90 Å². The number of fused-ring (bicyclic) bond motifs is 1. The number of nitrogens with zero attached hydrogens (tertiary/aromatic N) is 3. The van der Waals surface area contributed by atoms with E-state index in [2.05, 4.69) is 20.6 Å². The summed E-state index contributed by atoms with van der Waals surface area (Å²) >= 11 is 0. The van der Waals surface area contributed by atoms with Crippen LogP contribution in [0.1, 0.15) is 23.7 Å². The molecule has 2 heterocycles. The number of carbonyl (C=O) groups excluding carboxylic acids is 1. The first kappa shape index (κ1) is 23.6. The van der Waals surface area contributed by atoms with E-state index in [9.17, 15) is 22.2 Å². The van der Waals surface area contributed by atoms with Crippen molar-refractivity contribution in [1.82, 2.24) is 9.97 Å². The Balaban J connectivity index is 1.57. The van der Waals surface area contributed by atoms with Gasteiger partial charge in [0, 0.05) is 37.5 Å². The summed E-state index contributed by atoms with van der Waals surface area (Å²) in [6.45, 7) is 2.20. The number of alkyl halides is 3. The highest BCUT2D eigenvalue weighted by atomic mass is 32.2. The van der Waals surface area contributed by atoms with Crippen molar-refractivity contribution in [3.8, 4) is 0 Å². The predicted molar refractivity (Wildman–Crippen MR) is 123 cm³/mol. The highest BCUT2D eigenvalue weighted by Crippen LogP contribution is 2.33. The molecule has 1 aromatic heterocycles. The molecule has 0 spiro atoms. The van der Waals surface area contributed by atoms with Crippen LogP contribution < -0.4 is 20.7 Å². The molecule has 0 saturated heterocycles. The first-order chi connectivity index (χ1) is 16.1. The van der Waals surface area contributed by atoms with Gasteiger partial charge in [-0.25, -0.2) is 14.3 Å². The van der Waals surface area contributed by atoms with Gasteiger partial charge < -0.3 is 15.5 Å². The third-order valence-electron chi connectivity index (χ3n) is 5.26. The van der Waals surface area contributed by atoms with E-state index in [0.717, 1.165) is 17.2 Å².